The molecular formula is C13H18IN3OS. The molecule has 0 amide bonds. The van der Waals surface area contributed by atoms with Crippen LogP contribution in [0.15, 0.2) is 24.3 Å². The molecule has 0 atom stereocenters. The van der Waals surface area contributed by atoms with E-state index in [2.05, 4.69) is 50.3 Å². The van der Waals surface area contributed by atoms with Crippen molar-refractivity contribution in [3.63, 3.8) is 0 Å². The van der Waals surface area contributed by atoms with E-state index < -0.39 is 0 Å². The first-order valence-corrected chi connectivity index (χ1v) is 7.83. The van der Waals surface area contributed by atoms with Crippen LogP contribution in [-0.2, 0) is 4.74 Å². The molecule has 1 heterocycles. The van der Waals surface area contributed by atoms with E-state index >= 15 is 0 Å². The lowest BCUT2D eigenvalue weighted by atomic mass is 10.3. The van der Waals surface area contributed by atoms with Crippen molar-refractivity contribution in [3.8, 4) is 0 Å². The van der Waals surface area contributed by atoms with E-state index in [1.54, 1.807) is 0 Å². The van der Waals surface area contributed by atoms with E-state index in [-0.39, 0.29) is 0 Å². The van der Waals surface area contributed by atoms with Gasteiger partial charge in [-0.15, -0.1) is 0 Å². The summed E-state index contributed by atoms with van der Waals surface area (Å²) in [5, 5.41) is 7.10. The van der Waals surface area contributed by atoms with Gasteiger partial charge in [-0.25, -0.2) is 0 Å². The molecule has 6 heteroatoms. The van der Waals surface area contributed by atoms with E-state index in [0.29, 0.717) is 5.11 Å². The normalized spacial score (nSPS) is 16.1. The fourth-order valence-corrected chi connectivity index (χ4v) is 2.66. The Morgan fingerprint density at radius 1 is 1.37 bits per heavy atom. The van der Waals surface area contributed by atoms with E-state index in [4.69, 9.17) is 17.0 Å². The van der Waals surface area contributed by atoms with Gasteiger partial charge in [0.2, 0.25) is 0 Å². The summed E-state index contributed by atoms with van der Waals surface area (Å²) in [6.45, 7) is 5.56. The number of halogens is 1. The third-order valence-electron chi connectivity index (χ3n) is 2.90. The van der Waals surface area contributed by atoms with Gasteiger partial charge >= 0.3 is 0 Å². The van der Waals surface area contributed by atoms with Crippen LogP contribution in [0.1, 0.15) is 0 Å². The van der Waals surface area contributed by atoms with E-state index in [1.807, 2.05) is 12.1 Å². The molecule has 2 N–H and O–H groups in total. The first kappa shape index (κ1) is 15.0. The maximum Gasteiger partial charge on any atom is 0.170 e. The van der Waals surface area contributed by atoms with Crippen molar-refractivity contribution >= 4 is 45.6 Å². The number of hydrogen-bond donors (Lipinski definition) is 2. The van der Waals surface area contributed by atoms with Crippen LogP contribution >= 0.6 is 34.8 Å². The van der Waals surface area contributed by atoms with Crippen molar-refractivity contribution in [1.82, 2.24) is 10.2 Å². The summed E-state index contributed by atoms with van der Waals surface area (Å²) < 4.78 is 6.51. The summed E-state index contributed by atoms with van der Waals surface area (Å²) in [6, 6.07) is 8.15. The van der Waals surface area contributed by atoms with E-state index in [9.17, 15) is 0 Å². The maximum atomic E-state index is 5.32. The number of rotatable bonds is 4. The molecular weight excluding hydrogens is 373 g/mol. The van der Waals surface area contributed by atoms with Crippen LogP contribution in [0.5, 0.6) is 0 Å². The number of hydrogen-bond acceptors (Lipinski definition) is 3. The molecule has 0 unspecified atom stereocenters. The van der Waals surface area contributed by atoms with Gasteiger partial charge in [-0.1, -0.05) is 6.07 Å². The van der Waals surface area contributed by atoms with Gasteiger partial charge in [-0.3, -0.25) is 4.90 Å². The minimum atomic E-state index is 0.676. The predicted molar refractivity (Wildman–Crippen MR) is 90.6 cm³/mol. The monoisotopic (exact) mass is 391 g/mol. The zero-order valence-corrected chi connectivity index (χ0v) is 13.7. The lowest BCUT2D eigenvalue weighted by Crippen LogP contribution is -2.42. The van der Waals surface area contributed by atoms with Gasteiger partial charge in [0.15, 0.2) is 5.11 Å². The van der Waals surface area contributed by atoms with Crippen molar-refractivity contribution in [2.45, 2.75) is 0 Å². The number of nitrogens with one attached hydrogen (secondary N) is 2. The van der Waals surface area contributed by atoms with E-state index in [1.165, 1.54) is 3.57 Å². The number of morpholine rings is 1. The topological polar surface area (TPSA) is 36.5 Å². The van der Waals surface area contributed by atoms with Crippen molar-refractivity contribution < 1.29 is 4.74 Å². The highest BCUT2D eigenvalue weighted by Gasteiger charge is 2.09. The molecule has 1 aromatic rings. The molecule has 1 saturated heterocycles. The van der Waals surface area contributed by atoms with Crippen LogP contribution in [0.25, 0.3) is 0 Å². The third-order valence-corrected chi connectivity index (χ3v) is 3.82. The Labute approximate surface area is 133 Å². The number of anilines is 1. The Morgan fingerprint density at radius 2 is 2.16 bits per heavy atom. The number of ether oxygens (including phenoxy) is 1. The summed E-state index contributed by atoms with van der Waals surface area (Å²) >= 11 is 7.57. The highest BCUT2D eigenvalue weighted by molar-refractivity contribution is 14.1. The largest absolute Gasteiger partial charge is 0.379 e. The molecule has 104 valence electrons. The summed E-state index contributed by atoms with van der Waals surface area (Å²) in [6.07, 6.45) is 0. The second-order valence-corrected chi connectivity index (χ2v) is 6.00. The molecule has 1 aromatic carbocycles. The van der Waals surface area contributed by atoms with Gasteiger partial charge in [0.05, 0.1) is 13.2 Å². The van der Waals surface area contributed by atoms with Crippen molar-refractivity contribution in [3.05, 3.63) is 27.8 Å². The number of nitrogens with zero attached hydrogens (tertiary/aromatic N) is 1. The molecule has 0 bridgehead atoms. The molecule has 1 fully saturated rings. The standard InChI is InChI=1S/C13H18IN3OS/c14-11-2-1-3-12(10-11)16-13(19)15-4-5-17-6-8-18-9-7-17/h1-3,10H,4-9H2,(H2,15,16,19). The van der Waals surface area contributed by atoms with Crippen LogP contribution in [0.2, 0.25) is 0 Å². The quantitative estimate of drug-likeness (QED) is 0.606. The third kappa shape index (κ3) is 5.60. The Morgan fingerprint density at radius 3 is 2.89 bits per heavy atom. The number of benzene rings is 1. The van der Waals surface area contributed by atoms with Crippen LogP contribution in [0.3, 0.4) is 0 Å². The van der Waals surface area contributed by atoms with E-state index in [0.717, 1.165) is 45.1 Å². The average Bonchev–Trinajstić information content (AvgIpc) is 2.40. The summed E-state index contributed by atoms with van der Waals surface area (Å²) in [7, 11) is 0. The Kier molecular flexibility index (Phi) is 6.29. The molecule has 0 spiro atoms. The molecule has 0 aliphatic carbocycles. The first-order chi connectivity index (χ1) is 9.24. The Hall–Kier alpha value is -0.440. The smallest absolute Gasteiger partial charge is 0.170 e. The molecule has 1 aliphatic heterocycles. The lowest BCUT2D eigenvalue weighted by Gasteiger charge is -2.26. The minimum Gasteiger partial charge on any atom is -0.379 e. The van der Waals surface area contributed by atoms with Crippen LogP contribution in [-0.4, -0.2) is 49.4 Å². The summed E-state index contributed by atoms with van der Waals surface area (Å²) in [5.41, 5.74) is 1.02. The molecule has 1 aliphatic rings. The fraction of sp³-hybridized carbons (Fsp3) is 0.462. The van der Waals surface area contributed by atoms with Gasteiger partial charge < -0.3 is 15.4 Å². The van der Waals surface area contributed by atoms with Crippen molar-refractivity contribution in [1.29, 1.82) is 0 Å². The SMILES string of the molecule is S=C(NCCN1CCOCC1)Nc1cccc(I)c1. The summed E-state index contributed by atoms with van der Waals surface area (Å²) in [4.78, 5) is 2.38. The minimum absolute atomic E-state index is 0.676. The fourth-order valence-electron chi connectivity index (χ4n) is 1.89. The van der Waals surface area contributed by atoms with Crippen LogP contribution in [0, 0.1) is 3.57 Å². The second-order valence-electron chi connectivity index (χ2n) is 4.35. The maximum absolute atomic E-state index is 5.32. The molecule has 19 heavy (non-hydrogen) atoms. The van der Waals surface area contributed by atoms with Crippen molar-refractivity contribution in [2.75, 3.05) is 44.7 Å². The van der Waals surface area contributed by atoms with Crippen molar-refractivity contribution in [2.24, 2.45) is 0 Å². The highest BCUT2D eigenvalue weighted by Crippen LogP contribution is 2.11. The summed E-state index contributed by atoms with van der Waals surface area (Å²) in [5.74, 6) is 0. The first-order valence-electron chi connectivity index (χ1n) is 6.34. The van der Waals surface area contributed by atoms with Gasteiger partial charge in [-0.2, -0.15) is 0 Å². The van der Waals surface area contributed by atoms with Gasteiger partial charge in [0.25, 0.3) is 0 Å². The predicted octanol–water partition coefficient (Wildman–Crippen LogP) is 1.91. The zero-order chi connectivity index (χ0) is 13.5. The number of thiocarbonyl (C=S) groups is 1. The molecule has 0 saturated carbocycles. The molecule has 0 radical (unpaired) electrons. The second kappa shape index (κ2) is 7.98. The molecule has 2 rings (SSSR count). The Bertz CT molecular complexity index is 424. The molecule has 4 nitrogen and oxygen atoms in total. The lowest BCUT2D eigenvalue weighted by molar-refractivity contribution is 0.0389. The van der Waals surface area contributed by atoms with Gasteiger partial charge in [0.1, 0.15) is 0 Å². The average molecular weight is 391 g/mol. The van der Waals surface area contributed by atoms with Gasteiger partial charge in [0, 0.05) is 35.4 Å². The zero-order valence-electron chi connectivity index (χ0n) is 10.7. The van der Waals surface area contributed by atoms with Crippen LogP contribution in [0.4, 0.5) is 5.69 Å². The van der Waals surface area contributed by atoms with Gasteiger partial charge in [-0.05, 0) is 53.0 Å². The highest BCUT2D eigenvalue weighted by atomic mass is 127. The van der Waals surface area contributed by atoms with Crippen LogP contribution < -0.4 is 10.6 Å². The molecule has 0 aromatic heterocycles. The Balaban J connectivity index is 1.67.